The number of carbonyl (C=O) groups is 1. The lowest BCUT2D eigenvalue weighted by molar-refractivity contribution is -0.122. The van der Waals surface area contributed by atoms with Gasteiger partial charge in [0.2, 0.25) is 5.91 Å². The summed E-state index contributed by atoms with van der Waals surface area (Å²) in [4.78, 5) is 10.9. The van der Waals surface area contributed by atoms with E-state index >= 15 is 0 Å². The highest BCUT2D eigenvalue weighted by atomic mass is 16.5. The van der Waals surface area contributed by atoms with E-state index in [1.807, 2.05) is 42.5 Å². The molecule has 2 atom stereocenters. The van der Waals surface area contributed by atoms with Gasteiger partial charge in [-0.3, -0.25) is 4.79 Å². The third kappa shape index (κ3) is 8.01. The summed E-state index contributed by atoms with van der Waals surface area (Å²) in [5.74, 6) is 6.18. The summed E-state index contributed by atoms with van der Waals surface area (Å²) in [6.45, 7) is 2.61. The van der Waals surface area contributed by atoms with E-state index in [4.69, 9.17) is 10.5 Å². The Morgan fingerprint density at radius 2 is 1.97 bits per heavy atom. The number of aliphatic hydroxyl groups is 1. The Morgan fingerprint density at radius 3 is 2.68 bits per heavy atom. The molecule has 0 aliphatic heterocycles. The average Bonchev–Trinajstić information content (AvgIpc) is 2.79. The van der Waals surface area contributed by atoms with E-state index in [-0.39, 0.29) is 17.4 Å². The van der Waals surface area contributed by atoms with Gasteiger partial charge in [0.05, 0.1) is 12.7 Å². The number of aliphatic hydroxyl groups excluding tert-OH is 1. The van der Waals surface area contributed by atoms with Crippen molar-refractivity contribution in [3.05, 3.63) is 71.8 Å². The molecule has 0 heterocycles. The molecule has 0 saturated heterocycles. The Kier molecular flexibility index (Phi) is 9.74. The molecule has 4 nitrogen and oxygen atoms in total. The van der Waals surface area contributed by atoms with Crippen molar-refractivity contribution in [1.82, 2.24) is 0 Å². The molecule has 2 fully saturated rings. The molecule has 0 radical (unpaired) electrons. The highest BCUT2D eigenvalue weighted by molar-refractivity contribution is 5.74. The van der Waals surface area contributed by atoms with Crippen molar-refractivity contribution in [3.8, 4) is 11.8 Å². The fourth-order valence-electron chi connectivity index (χ4n) is 5.06. The molecule has 1 aromatic rings. The molecule has 2 unspecified atom stereocenters. The molecule has 0 bridgehead atoms. The number of allylic oxidation sites excluding steroid dienone is 4. The molecule has 2 saturated carbocycles. The van der Waals surface area contributed by atoms with Crippen molar-refractivity contribution in [2.24, 2.45) is 16.6 Å². The number of carbonyl (C=O) groups excluding carboxylic acids is 1. The highest BCUT2D eigenvalue weighted by Gasteiger charge is 2.37. The Bertz CT molecular complexity index is 946. The average molecular weight is 462 g/mol. The number of nitrogens with two attached hydrogens (primary N) is 1. The zero-order valence-electron chi connectivity index (χ0n) is 20.5. The van der Waals surface area contributed by atoms with Crippen LogP contribution in [0.4, 0.5) is 0 Å². The van der Waals surface area contributed by atoms with Crippen LogP contribution in [0.1, 0.15) is 70.3 Å². The van der Waals surface area contributed by atoms with Crippen LogP contribution >= 0.6 is 0 Å². The maximum Gasteiger partial charge on any atom is 0.243 e. The maximum absolute atomic E-state index is 10.9. The van der Waals surface area contributed by atoms with Crippen molar-refractivity contribution >= 4 is 5.91 Å². The predicted octanol–water partition coefficient (Wildman–Crippen LogP) is 5.47. The van der Waals surface area contributed by atoms with Crippen LogP contribution in [-0.2, 0) is 9.53 Å². The SMILES string of the molecule is CC1(/C=C/C=C/C(O)CC2(CC#Cc3ccccc3)CCC2)CCCC/C1=C\COCC(N)=O. The Morgan fingerprint density at radius 1 is 1.18 bits per heavy atom. The van der Waals surface area contributed by atoms with Crippen LogP contribution in [0.2, 0.25) is 0 Å². The van der Waals surface area contributed by atoms with Crippen molar-refractivity contribution in [3.63, 3.8) is 0 Å². The van der Waals surface area contributed by atoms with Crippen LogP contribution < -0.4 is 5.73 Å². The van der Waals surface area contributed by atoms with Crippen LogP contribution in [0, 0.1) is 22.7 Å². The summed E-state index contributed by atoms with van der Waals surface area (Å²) in [7, 11) is 0. The minimum Gasteiger partial charge on any atom is -0.389 e. The van der Waals surface area contributed by atoms with Crippen LogP contribution in [0.15, 0.2) is 66.3 Å². The number of hydrogen-bond donors (Lipinski definition) is 2. The van der Waals surface area contributed by atoms with Crippen molar-refractivity contribution in [2.45, 2.75) is 70.8 Å². The molecule has 2 aliphatic carbocycles. The molecule has 3 N–H and O–H groups in total. The Labute approximate surface area is 205 Å². The first-order valence-electron chi connectivity index (χ1n) is 12.5. The zero-order chi connectivity index (χ0) is 24.3. The van der Waals surface area contributed by atoms with Crippen LogP contribution in [0.5, 0.6) is 0 Å². The van der Waals surface area contributed by atoms with Crippen LogP contribution in [0.3, 0.4) is 0 Å². The quantitative estimate of drug-likeness (QED) is 0.210. The van der Waals surface area contributed by atoms with E-state index in [2.05, 4.69) is 37.0 Å². The number of hydrogen-bond acceptors (Lipinski definition) is 3. The van der Waals surface area contributed by atoms with E-state index < -0.39 is 12.0 Å². The van der Waals surface area contributed by atoms with Gasteiger partial charge in [-0.1, -0.05) is 85.8 Å². The summed E-state index contributed by atoms with van der Waals surface area (Å²) in [5, 5.41) is 10.7. The molecular formula is C30H39NO3. The monoisotopic (exact) mass is 461 g/mol. The van der Waals surface area contributed by atoms with E-state index in [9.17, 15) is 9.90 Å². The minimum absolute atomic E-state index is 0.0220. The summed E-state index contributed by atoms with van der Waals surface area (Å²) in [6.07, 6.45) is 19.4. The molecular weight excluding hydrogens is 422 g/mol. The van der Waals surface area contributed by atoms with Gasteiger partial charge >= 0.3 is 0 Å². The van der Waals surface area contributed by atoms with Gasteiger partial charge in [0, 0.05) is 17.4 Å². The predicted molar refractivity (Wildman–Crippen MR) is 138 cm³/mol. The minimum atomic E-state index is -0.458. The number of ether oxygens (including phenoxy) is 1. The summed E-state index contributed by atoms with van der Waals surface area (Å²) >= 11 is 0. The van der Waals surface area contributed by atoms with Crippen LogP contribution in [0.25, 0.3) is 0 Å². The van der Waals surface area contributed by atoms with E-state index in [0.29, 0.717) is 6.61 Å². The lowest BCUT2D eigenvalue weighted by atomic mass is 9.64. The molecule has 3 rings (SSSR count). The third-order valence-corrected chi connectivity index (χ3v) is 7.25. The standard InChI is InChI=1S/C30H39NO3/c1-29(17-7-5-14-26(29)16-22-34-24-28(31)33)18-8-6-15-27(32)23-30(20-10-21-30)19-9-13-25-11-3-2-4-12-25/h2-4,6,8,11-12,15-16,18,27,32H,5,7,10,14,17,19-24H2,1H3,(H2,31,33)/b15-6+,18-8+,26-16+. The first-order chi connectivity index (χ1) is 16.4. The maximum atomic E-state index is 10.9. The van der Waals surface area contributed by atoms with Crippen molar-refractivity contribution in [1.29, 1.82) is 0 Å². The van der Waals surface area contributed by atoms with Gasteiger partial charge in [-0.25, -0.2) is 0 Å². The molecule has 0 spiro atoms. The topological polar surface area (TPSA) is 72.6 Å². The zero-order valence-corrected chi connectivity index (χ0v) is 20.5. The number of primary amides is 1. The number of amides is 1. The van der Waals surface area contributed by atoms with Gasteiger partial charge < -0.3 is 15.6 Å². The van der Waals surface area contributed by atoms with E-state index in [1.54, 1.807) is 0 Å². The van der Waals surface area contributed by atoms with Crippen molar-refractivity contribution < 1.29 is 14.6 Å². The number of rotatable bonds is 10. The third-order valence-electron chi connectivity index (χ3n) is 7.25. The normalized spacial score (nSPS) is 24.0. The Balaban J connectivity index is 1.52. The molecule has 1 aromatic carbocycles. The Hall–Kier alpha value is -2.61. The highest BCUT2D eigenvalue weighted by Crippen LogP contribution is 2.47. The second-order valence-electron chi connectivity index (χ2n) is 10.0. The van der Waals surface area contributed by atoms with Gasteiger partial charge in [0.25, 0.3) is 0 Å². The van der Waals surface area contributed by atoms with Gasteiger partial charge in [0.1, 0.15) is 6.61 Å². The fraction of sp³-hybridized carbons (Fsp3) is 0.500. The first kappa shape index (κ1) is 26.0. The van der Waals surface area contributed by atoms with Gasteiger partial charge in [-0.2, -0.15) is 0 Å². The second-order valence-corrected chi connectivity index (χ2v) is 10.0. The molecule has 34 heavy (non-hydrogen) atoms. The molecule has 4 heteroatoms. The largest absolute Gasteiger partial charge is 0.389 e. The summed E-state index contributed by atoms with van der Waals surface area (Å²) < 4.78 is 5.33. The number of benzene rings is 1. The second kappa shape index (κ2) is 12.7. The molecule has 2 aliphatic rings. The molecule has 1 amide bonds. The lowest BCUT2D eigenvalue weighted by Gasteiger charge is -2.41. The van der Waals surface area contributed by atoms with Gasteiger partial charge in [0.15, 0.2) is 0 Å². The van der Waals surface area contributed by atoms with Gasteiger partial charge in [-0.15, -0.1) is 0 Å². The van der Waals surface area contributed by atoms with E-state index in [0.717, 1.165) is 44.1 Å². The van der Waals surface area contributed by atoms with Gasteiger partial charge in [-0.05, 0) is 56.1 Å². The lowest BCUT2D eigenvalue weighted by Crippen LogP contribution is -2.32. The van der Waals surface area contributed by atoms with Crippen LogP contribution in [-0.4, -0.2) is 30.3 Å². The smallest absolute Gasteiger partial charge is 0.243 e. The molecule has 0 aromatic heterocycles. The summed E-state index contributed by atoms with van der Waals surface area (Å²) in [5.41, 5.74) is 7.65. The first-order valence-corrected chi connectivity index (χ1v) is 12.5. The van der Waals surface area contributed by atoms with Crippen molar-refractivity contribution in [2.75, 3.05) is 13.2 Å². The van der Waals surface area contributed by atoms with E-state index in [1.165, 1.54) is 24.8 Å². The summed E-state index contributed by atoms with van der Waals surface area (Å²) in [6, 6.07) is 10.1. The molecule has 182 valence electrons. The fourth-order valence-corrected chi connectivity index (χ4v) is 5.06.